The quantitative estimate of drug-likeness (QED) is 0.918. The van der Waals surface area contributed by atoms with E-state index < -0.39 is 0 Å². The predicted octanol–water partition coefficient (Wildman–Crippen LogP) is 4.01. The molecule has 1 aromatic heterocycles. The predicted molar refractivity (Wildman–Crippen MR) is 80.3 cm³/mol. The van der Waals surface area contributed by atoms with Crippen LogP contribution in [0, 0.1) is 5.82 Å². The van der Waals surface area contributed by atoms with Crippen molar-refractivity contribution in [1.82, 2.24) is 9.97 Å². The van der Waals surface area contributed by atoms with Gasteiger partial charge in [0.15, 0.2) is 0 Å². The van der Waals surface area contributed by atoms with Gasteiger partial charge >= 0.3 is 0 Å². The van der Waals surface area contributed by atoms with E-state index in [1.807, 2.05) is 33.8 Å². The molecule has 0 amide bonds. The molecule has 0 saturated carbocycles. The number of anilines is 1. The summed E-state index contributed by atoms with van der Waals surface area (Å²) in [4.78, 5) is 9.03. The number of aromatic nitrogens is 2. The van der Waals surface area contributed by atoms with Crippen molar-refractivity contribution < 1.29 is 4.39 Å². The summed E-state index contributed by atoms with van der Waals surface area (Å²) >= 11 is 0. The van der Waals surface area contributed by atoms with Crippen molar-refractivity contribution in [2.45, 2.75) is 33.1 Å². The lowest BCUT2D eigenvalue weighted by molar-refractivity contribution is 0.546. The summed E-state index contributed by atoms with van der Waals surface area (Å²) in [6, 6.07) is 8.46. The van der Waals surface area contributed by atoms with E-state index in [-0.39, 0.29) is 11.2 Å². The molecule has 20 heavy (non-hydrogen) atoms. The van der Waals surface area contributed by atoms with Crippen LogP contribution in [0.1, 0.15) is 33.5 Å². The molecule has 0 aliphatic carbocycles. The molecule has 1 N–H and O–H groups in total. The monoisotopic (exact) mass is 273 g/mol. The molecule has 1 heterocycles. The Bertz CT molecular complexity index is 603. The lowest BCUT2D eigenvalue weighted by atomic mass is 9.95. The third-order valence-corrected chi connectivity index (χ3v) is 2.90. The average Bonchev–Trinajstić information content (AvgIpc) is 2.38. The second-order valence-electron chi connectivity index (χ2n) is 5.72. The van der Waals surface area contributed by atoms with Crippen molar-refractivity contribution in [3.05, 3.63) is 42.0 Å². The third-order valence-electron chi connectivity index (χ3n) is 2.90. The first-order chi connectivity index (χ1) is 9.41. The molecule has 1 aromatic carbocycles. The van der Waals surface area contributed by atoms with Crippen LogP contribution in [-0.4, -0.2) is 16.5 Å². The lowest BCUT2D eigenvalue weighted by Gasteiger charge is -2.19. The minimum absolute atomic E-state index is 0.189. The normalized spacial score (nSPS) is 11.4. The molecular formula is C16H20FN3. The number of halogens is 1. The summed E-state index contributed by atoms with van der Waals surface area (Å²) in [6.07, 6.45) is 0. The molecule has 106 valence electrons. The van der Waals surface area contributed by atoms with Crippen molar-refractivity contribution in [2.75, 3.05) is 11.9 Å². The molecule has 0 bridgehead atoms. The third kappa shape index (κ3) is 3.13. The fourth-order valence-corrected chi connectivity index (χ4v) is 1.86. The largest absolute Gasteiger partial charge is 0.370 e. The van der Waals surface area contributed by atoms with Gasteiger partial charge < -0.3 is 5.32 Å². The van der Waals surface area contributed by atoms with E-state index in [0.29, 0.717) is 17.1 Å². The highest BCUT2D eigenvalue weighted by Gasteiger charge is 2.20. The first-order valence-electron chi connectivity index (χ1n) is 6.80. The number of hydrogen-bond donors (Lipinski definition) is 1. The fourth-order valence-electron chi connectivity index (χ4n) is 1.86. The van der Waals surface area contributed by atoms with Gasteiger partial charge in [0.2, 0.25) is 0 Å². The summed E-state index contributed by atoms with van der Waals surface area (Å²) in [5.41, 5.74) is 0.921. The molecule has 0 radical (unpaired) electrons. The van der Waals surface area contributed by atoms with Gasteiger partial charge in [-0.25, -0.2) is 14.4 Å². The van der Waals surface area contributed by atoms with Crippen LogP contribution in [0.15, 0.2) is 30.3 Å². The molecule has 0 saturated heterocycles. The van der Waals surface area contributed by atoms with Gasteiger partial charge in [-0.3, -0.25) is 0 Å². The molecule has 0 atom stereocenters. The molecule has 0 fully saturated rings. The second-order valence-corrected chi connectivity index (χ2v) is 5.72. The Hall–Kier alpha value is -1.97. The molecule has 4 heteroatoms. The highest BCUT2D eigenvalue weighted by molar-refractivity contribution is 5.63. The highest BCUT2D eigenvalue weighted by Crippen LogP contribution is 2.26. The van der Waals surface area contributed by atoms with Crippen molar-refractivity contribution in [3.63, 3.8) is 0 Å². The lowest BCUT2D eigenvalue weighted by Crippen LogP contribution is -2.18. The standard InChI is InChI=1S/C16H20FN3/c1-5-18-14-10-13(11-8-6-7-9-12(11)17)19-15(20-14)16(2,3)4/h6-10H,5H2,1-4H3,(H,18,19,20). The zero-order chi connectivity index (χ0) is 14.8. The van der Waals surface area contributed by atoms with Crippen LogP contribution < -0.4 is 5.32 Å². The molecule has 0 aliphatic rings. The van der Waals surface area contributed by atoms with Crippen LogP contribution in [0.25, 0.3) is 11.3 Å². The maximum Gasteiger partial charge on any atom is 0.136 e. The number of benzene rings is 1. The minimum Gasteiger partial charge on any atom is -0.370 e. The van der Waals surface area contributed by atoms with Crippen LogP contribution in [-0.2, 0) is 5.41 Å². The number of rotatable bonds is 3. The molecule has 0 spiro atoms. The Morgan fingerprint density at radius 1 is 1.15 bits per heavy atom. The number of nitrogens with one attached hydrogen (secondary N) is 1. The van der Waals surface area contributed by atoms with Crippen molar-refractivity contribution >= 4 is 5.82 Å². The van der Waals surface area contributed by atoms with Gasteiger partial charge in [-0.2, -0.15) is 0 Å². The van der Waals surface area contributed by atoms with E-state index in [9.17, 15) is 4.39 Å². The molecule has 0 unspecified atom stereocenters. The molecule has 3 nitrogen and oxygen atoms in total. The van der Waals surface area contributed by atoms with Gasteiger partial charge in [0, 0.05) is 23.6 Å². The summed E-state index contributed by atoms with van der Waals surface area (Å²) in [7, 11) is 0. The number of nitrogens with zero attached hydrogens (tertiary/aromatic N) is 2. The molecule has 2 rings (SSSR count). The van der Waals surface area contributed by atoms with Gasteiger partial charge in [0.05, 0.1) is 5.69 Å². The summed E-state index contributed by atoms with van der Waals surface area (Å²) < 4.78 is 13.9. The molecule has 0 aliphatic heterocycles. The van der Waals surface area contributed by atoms with E-state index in [1.165, 1.54) is 6.07 Å². The van der Waals surface area contributed by atoms with E-state index >= 15 is 0 Å². The van der Waals surface area contributed by atoms with Gasteiger partial charge in [0.1, 0.15) is 17.5 Å². The van der Waals surface area contributed by atoms with Crippen LogP contribution >= 0.6 is 0 Å². The van der Waals surface area contributed by atoms with Crippen LogP contribution in [0.5, 0.6) is 0 Å². The SMILES string of the molecule is CCNc1cc(-c2ccccc2F)nc(C(C)(C)C)n1. The van der Waals surface area contributed by atoms with Crippen LogP contribution in [0.2, 0.25) is 0 Å². The first-order valence-corrected chi connectivity index (χ1v) is 6.80. The van der Waals surface area contributed by atoms with Gasteiger partial charge in [-0.15, -0.1) is 0 Å². The zero-order valence-electron chi connectivity index (χ0n) is 12.4. The molecular weight excluding hydrogens is 253 g/mol. The zero-order valence-corrected chi connectivity index (χ0v) is 12.4. The topological polar surface area (TPSA) is 37.8 Å². The average molecular weight is 273 g/mol. The van der Waals surface area contributed by atoms with Gasteiger partial charge in [-0.1, -0.05) is 32.9 Å². The van der Waals surface area contributed by atoms with Crippen LogP contribution in [0.3, 0.4) is 0 Å². The Balaban J connectivity index is 2.58. The Kier molecular flexibility index (Phi) is 4.02. The summed E-state index contributed by atoms with van der Waals surface area (Å²) in [5, 5.41) is 3.18. The maximum atomic E-state index is 13.9. The van der Waals surface area contributed by atoms with Crippen molar-refractivity contribution in [3.8, 4) is 11.3 Å². The summed E-state index contributed by atoms with van der Waals surface area (Å²) in [5.74, 6) is 1.16. The number of hydrogen-bond acceptors (Lipinski definition) is 3. The van der Waals surface area contributed by atoms with E-state index in [4.69, 9.17) is 0 Å². The Morgan fingerprint density at radius 2 is 1.85 bits per heavy atom. The van der Waals surface area contributed by atoms with E-state index in [0.717, 1.165) is 12.4 Å². The maximum absolute atomic E-state index is 13.9. The van der Waals surface area contributed by atoms with E-state index in [1.54, 1.807) is 18.2 Å². The highest BCUT2D eigenvalue weighted by atomic mass is 19.1. The first kappa shape index (κ1) is 14.4. The van der Waals surface area contributed by atoms with E-state index in [2.05, 4.69) is 15.3 Å². The van der Waals surface area contributed by atoms with Crippen molar-refractivity contribution in [2.24, 2.45) is 0 Å². The minimum atomic E-state index is -0.270. The Morgan fingerprint density at radius 3 is 2.45 bits per heavy atom. The van der Waals surface area contributed by atoms with Crippen LogP contribution in [0.4, 0.5) is 10.2 Å². The van der Waals surface area contributed by atoms with Crippen molar-refractivity contribution in [1.29, 1.82) is 0 Å². The Labute approximate surface area is 119 Å². The second kappa shape index (κ2) is 5.57. The summed E-state index contributed by atoms with van der Waals surface area (Å²) in [6.45, 7) is 8.90. The fraction of sp³-hybridized carbons (Fsp3) is 0.375. The molecule has 2 aromatic rings. The van der Waals surface area contributed by atoms with Gasteiger partial charge in [0.25, 0.3) is 0 Å². The smallest absolute Gasteiger partial charge is 0.136 e. The van der Waals surface area contributed by atoms with Gasteiger partial charge in [-0.05, 0) is 19.1 Å².